The van der Waals surface area contributed by atoms with E-state index in [1.165, 1.54) is 6.08 Å². The van der Waals surface area contributed by atoms with Gasteiger partial charge in [-0.05, 0) is 25.8 Å². The lowest BCUT2D eigenvalue weighted by Gasteiger charge is -2.50. The van der Waals surface area contributed by atoms with Crippen LogP contribution >= 0.6 is 0 Å². The van der Waals surface area contributed by atoms with Crippen LogP contribution < -0.4 is 0 Å². The minimum absolute atomic E-state index is 0.0225. The third-order valence-electron chi connectivity index (χ3n) is 5.14. The number of ketones is 1. The maximum atomic E-state index is 11.8. The molecule has 3 rings (SSSR count). The average Bonchev–Trinajstić information content (AvgIpc) is 2.62. The highest BCUT2D eigenvalue weighted by Gasteiger charge is 2.58. The van der Waals surface area contributed by atoms with Crippen molar-refractivity contribution in [3.63, 3.8) is 0 Å². The number of ether oxygens (including phenoxy) is 1. The van der Waals surface area contributed by atoms with Crippen LogP contribution in [-0.4, -0.2) is 29.1 Å². The van der Waals surface area contributed by atoms with Gasteiger partial charge >= 0.3 is 5.97 Å². The summed E-state index contributed by atoms with van der Waals surface area (Å²) >= 11 is 0. The van der Waals surface area contributed by atoms with Crippen molar-refractivity contribution in [1.29, 1.82) is 0 Å². The molecule has 0 spiro atoms. The molecule has 0 aromatic rings. The number of esters is 1. The van der Waals surface area contributed by atoms with Crippen LogP contribution in [0.1, 0.15) is 26.7 Å². The Balaban J connectivity index is 2.07. The summed E-state index contributed by atoms with van der Waals surface area (Å²) in [5.41, 5.74) is 0.892. The van der Waals surface area contributed by atoms with Gasteiger partial charge in [0.2, 0.25) is 0 Å². The van der Waals surface area contributed by atoms with Gasteiger partial charge in [0.05, 0.1) is 0 Å². The molecular formula is C15H18O4. The van der Waals surface area contributed by atoms with Crippen LogP contribution in [-0.2, 0) is 14.3 Å². The SMILES string of the molecule is C=C1C(=O)O[C@@H]2[C@H]3C(C)=CC(=O)[C@H](O)[C@]3(C)CC[C@@H]12. The highest BCUT2D eigenvalue weighted by atomic mass is 16.6. The quantitative estimate of drug-likeness (QED) is 0.529. The molecule has 0 radical (unpaired) electrons. The number of aliphatic hydroxyl groups excluding tert-OH is 1. The first kappa shape index (κ1) is 12.6. The fourth-order valence-electron chi connectivity index (χ4n) is 4.07. The Bertz CT molecular complexity index is 518. The van der Waals surface area contributed by atoms with Gasteiger partial charge in [-0.3, -0.25) is 4.79 Å². The van der Waals surface area contributed by atoms with E-state index in [-0.39, 0.29) is 29.7 Å². The molecule has 1 heterocycles. The first-order chi connectivity index (χ1) is 8.86. The van der Waals surface area contributed by atoms with E-state index in [1.807, 2.05) is 13.8 Å². The van der Waals surface area contributed by atoms with Crippen molar-refractivity contribution in [3.8, 4) is 0 Å². The van der Waals surface area contributed by atoms with E-state index in [0.717, 1.165) is 12.0 Å². The van der Waals surface area contributed by atoms with E-state index < -0.39 is 11.5 Å². The van der Waals surface area contributed by atoms with Gasteiger partial charge < -0.3 is 9.84 Å². The Morgan fingerprint density at radius 3 is 2.84 bits per heavy atom. The number of fused-ring (bicyclic) bond motifs is 3. The van der Waals surface area contributed by atoms with Crippen molar-refractivity contribution < 1.29 is 19.4 Å². The first-order valence-electron chi connectivity index (χ1n) is 6.66. The van der Waals surface area contributed by atoms with E-state index in [9.17, 15) is 14.7 Å². The van der Waals surface area contributed by atoms with E-state index in [4.69, 9.17) is 4.74 Å². The number of carbonyl (C=O) groups is 2. The summed E-state index contributed by atoms with van der Waals surface area (Å²) in [7, 11) is 0. The van der Waals surface area contributed by atoms with E-state index in [1.54, 1.807) is 0 Å². The Labute approximate surface area is 112 Å². The third kappa shape index (κ3) is 1.49. The number of aliphatic hydroxyl groups is 1. The molecule has 0 aromatic carbocycles. The maximum Gasteiger partial charge on any atom is 0.334 e. The number of rotatable bonds is 0. The molecular weight excluding hydrogens is 244 g/mol. The molecule has 4 heteroatoms. The number of hydrogen-bond acceptors (Lipinski definition) is 4. The molecule has 4 nitrogen and oxygen atoms in total. The topological polar surface area (TPSA) is 63.6 Å². The van der Waals surface area contributed by atoms with Crippen LogP contribution in [0.4, 0.5) is 0 Å². The van der Waals surface area contributed by atoms with E-state index >= 15 is 0 Å². The molecule has 0 aromatic heterocycles. The lowest BCUT2D eigenvalue weighted by Crippen LogP contribution is -2.55. The zero-order valence-corrected chi connectivity index (χ0v) is 11.2. The fraction of sp³-hybridized carbons (Fsp3) is 0.600. The average molecular weight is 262 g/mol. The molecule has 102 valence electrons. The van der Waals surface area contributed by atoms with Gasteiger partial charge in [0, 0.05) is 22.8 Å². The molecule has 0 amide bonds. The van der Waals surface area contributed by atoms with Crippen LogP contribution in [0, 0.1) is 17.3 Å². The molecule has 3 aliphatic rings. The smallest absolute Gasteiger partial charge is 0.334 e. The lowest BCUT2D eigenvalue weighted by atomic mass is 9.55. The van der Waals surface area contributed by atoms with Crippen LogP contribution in [0.25, 0.3) is 0 Å². The van der Waals surface area contributed by atoms with Crippen molar-refractivity contribution in [2.24, 2.45) is 17.3 Å². The van der Waals surface area contributed by atoms with Gasteiger partial charge in [-0.25, -0.2) is 4.79 Å². The van der Waals surface area contributed by atoms with E-state index in [0.29, 0.717) is 12.0 Å². The fourth-order valence-corrected chi connectivity index (χ4v) is 4.07. The van der Waals surface area contributed by atoms with Crippen LogP contribution in [0.15, 0.2) is 23.8 Å². The number of hydrogen-bond donors (Lipinski definition) is 1. The standard InChI is InChI=1S/C15H18O4/c1-7-6-10(16)13(17)15(3)5-4-9-8(2)14(18)19-12(9)11(7)15/h6,9,11-13,17H,2,4-5H2,1,3H3/t9-,11+,12-,13-,15+/m0/s1. The van der Waals surface area contributed by atoms with Gasteiger partial charge in [-0.2, -0.15) is 0 Å². The Morgan fingerprint density at radius 2 is 2.16 bits per heavy atom. The molecule has 1 saturated heterocycles. The Morgan fingerprint density at radius 1 is 1.47 bits per heavy atom. The molecule has 5 atom stereocenters. The van der Waals surface area contributed by atoms with Crippen LogP contribution in [0.5, 0.6) is 0 Å². The molecule has 0 bridgehead atoms. The van der Waals surface area contributed by atoms with Gasteiger partial charge in [0.25, 0.3) is 0 Å². The maximum absolute atomic E-state index is 11.8. The molecule has 19 heavy (non-hydrogen) atoms. The summed E-state index contributed by atoms with van der Waals surface area (Å²) < 4.78 is 5.46. The predicted molar refractivity (Wildman–Crippen MR) is 68.1 cm³/mol. The second-order valence-corrected chi connectivity index (χ2v) is 6.22. The van der Waals surface area contributed by atoms with Crippen molar-refractivity contribution in [3.05, 3.63) is 23.8 Å². The minimum atomic E-state index is -1.00. The molecule has 1 saturated carbocycles. The lowest BCUT2D eigenvalue weighted by molar-refractivity contribution is -0.153. The largest absolute Gasteiger partial charge is 0.458 e. The van der Waals surface area contributed by atoms with Crippen LogP contribution in [0.3, 0.4) is 0 Å². The highest BCUT2D eigenvalue weighted by molar-refractivity contribution is 5.96. The van der Waals surface area contributed by atoms with E-state index in [2.05, 4.69) is 6.58 Å². The van der Waals surface area contributed by atoms with Crippen molar-refractivity contribution >= 4 is 11.8 Å². The molecule has 2 fully saturated rings. The van der Waals surface area contributed by atoms with Crippen molar-refractivity contribution in [2.75, 3.05) is 0 Å². The summed E-state index contributed by atoms with van der Waals surface area (Å²) in [6, 6.07) is 0. The summed E-state index contributed by atoms with van der Waals surface area (Å²) in [6.45, 7) is 7.61. The second-order valence-electron chi connectivity index (χ2n) is 6.22. The molecule has 0 unspecified atom stereocenters. The zero-order chi connectivity index (χ0) is 13.9. The summed E-state index contributed by atoms with van der Waals surface area (Å²) in [6.07, 6.45) is 1.65. The van der Waals surface area contributed by atoms with Crippen molar-refractivity contribution in [1.82, 2.24) is 0 Å². The molecule has 2 aliphatic carbocycles. The van der Waals surface area contributed by atoms with Crippen LogP contribution in [0.2, 0.25) is 0 Å². The van der Waals surface area contributed by atoms with Gasteiger partial charge in [0.1, 0.15) is 12.2 Å². The van der Waals surface area contributed by atoms with Gasteiger partial charge in [-0.1, -0.05) is 19.1 Å². The Hall–Kier alpha value is -1.42. The molecule has 1 N–H and O–H groups in total. The predicted octanol–water partition coefficient (Wildman–Crippen LogP) is 1.39. The highest BCUT2D eigenvalue weighted by Crippen LogP contribution is 2.55. The third-order valence-corrected chi connectivity index (χ3v) is 5.14. The minimum Gasteiger partial charge on any atom is -0.458 e. The molecule has 1 aliphatic heterocycles. The van der Waals surface area contributed by atoms with Gasteiger partial charge in [0.15, 0.2) is 5.78 Å². The van der Waals surface area contributed by atoms with Crippen molar-refractivity contribution in [2.45, 2.75) is 38.9 Å². The summed E-state index contributed by atoms with van der Waals surface area (Å²) in [5, 5.41) is 10.2. The normalized spacial score (nSPS) is 45.4. The Kier molecular flexibility index (Phi) is 2.52. The number of carbonyl (C=O) groups excluding carboxylic acids is 2. The second kappa shape index (κ2) is 3.79. The summed E-state index contributed by atoms with van der Waals surface area (Å²) in [5.74, 6) is -0.646. The summed E-state index contributed by atoms with van der Waals surface area (Å²) in [4.78, 5) is 23.5. The zero-order valence-electron chi connectivity index (χ0n) is 11.2. The first-order valence-corrected chi connectivity index (χ1v) is 6.66. The van der Waals surface area contributed by atoms with Gasteiger partial charge in [-0.15, -0.1) is 0 Å². The monoisotopic (exact) mass is 262 g/mol.